The molecule has 1 heterocycles. The minimum Gasteiger partial charge on any atom is -0.348 e. The minimum atomic E-state index is -0.0661. The van der Waals surface area contributed by atoms with E-state index in [1.807, 2.05) is 44.2 Å². The maximum atomic E-state index is 12.1. The number of carbonyl (C=O) groups excluding carboxylic acids is 1. The van der Waals surface area contributed by atoms with E-state index >= 15 is 0 Å². The molecule has 0 aliphatic heterocycles. The van der Waals surface area contributed by atoms with E-state index < -0.39 is 0 Å². The first-order valence-corrected chi connectivity index (χ1v) is 7.01. The van der Waals surface area contributed by atoms with Gasteiger partial charge in [-0.05, 0) is 18.9 Å². The predicted molar refractivity (Wildman–Crippen MR) is 79.6 cm³/mol. The summed E-state index contributed by atoms with van der Waals surface area (Å²) in [6, 6.07) is 9.97. The molecule has 1 amide bonds. The number of carbonyl (C=O) groups is 1. The van der Waals surface area contributed by atoms with Crippen LogP contribution < -0.4 is 5.32 Å². The predicted octanol–water partition coefficient (Wildman–Crippen LogP) is 3.11. The van der Waals surface area contributed by atoms with E-state index in [-0.39, 0.29) is 18.5 Å². The van der Waals surface area contributed by atoms with Crippen molar-refractivity contribution >= 4 is 17.5 Å². The highest BCUT2D eigenvalue weighted by Gasteiger charge is 2.14. The number of benzene rings is 1. The molecule has 1 aromatic carbocycles. The highest BCUT2D eigenvalue weighted by atomic mass is 35.5. The van der Waals surface area contributed by atoms with Crippen LogP contribution in [0.3, 0.4) is 0 Å². The molecule has 0 aliphatic carbocycles. The zero-order chi connectivity index (χ0) is 14.5. The van der Waals surface area contributed by atoms with E-state index in [0.717, 1.165) is 17.7 Å². The summed E-state index contributed by atoms with van der Waals surface area (Å²) >= 11 is 5.93. The zero-order valence-corrected chi connectivity index (χ0v) is 12.4. The lowest BCUT2D eigenvalue weighted by atomic mass is 10.0. The van der Waals surface area contributed by atoms with Gasteiger partial charge in [-0.1, -0.05) is 48.9 Å². The fourth-order valence-electron chi connectivity index (χ4n) is 2.07. The minimum absolute atomic E-state index is 0.0232. The van der Waals surface area contributed by atoms with Crippen LogP contribution >= 0.6 is 11.6 Å². The van der Waals surface area contributed by atoms with Gasteiger partial charge in [0.1, 0.15) is 6.54 Å². The van der Waals surface area contributed by atoms with Crippen molar-refractivity contribution in [3.05, 3.63) is 52.8 Å². The monoisotopic (exact) mass is 291 g/mol. The lowest BCUT2D eigenvalue weighted by Crippen LogP contribution is -2.31. The van der Waals surface area contributed by atoms with E-state index in [4.69, 9.17) is 11.6 Å². The van der Waals surface area contributed by atoms with E-state index in [1.165, 1.54) is 0 Å². The highest BCUT2D eigenvalue weighted by Crippen LogP contribution is 2.16. The lowest BCUT2D eigenvalue weighted by Gasteiger charge is -2.17. The van der Waals surface area contributed by atoms with Gasteiger partial charge < -0.3 is 5.32 Å². The Morgan fingerprint density at radius 3 is 2.65 bits per heavy atom. The summed E-state index contributed by atoms with van der Waals surface area (Å²) in [5, 5.41) is 7.69. The molecule has 5 heteroatoms. The first kappa shape index (κ1) is 14.6. The molecule has 1 atom stereocenters. The van der Waals surface area contributed by atoms with Crippen molar-refractivity contribution in [3.8, 4) is 0 Å². The number of nitrogens with one attached hydrogen (secondary N) is 1. The number of hydrogen-bond acceptors (Lipinski definition) is 2. The number of halogens is 1. The molecule has 0 bridgehead atoms. The second-order valence-electron chi connectivity index (χ2n) is 4.67. The molecular formula is C15H18ClN3O. The second-order valence-corrected chi connectivity index (χ2v) is 5.08. The van der Waals surface area contributed by atoms with Crippen LogP contribution in [-0.4, -0.2) is 15.7 Å². The SMILES string of the molecule is CCC(NC(=O)Cn1ncc(Cl)c1C)c1ccccc1. The average Bonchev–Trinajstić information content (AvgIpc) is 2.77. The van der Waals surface area contributed by atoms with Crippen molar-refractivity contribution < 1.29 is 4.79 Å². The van der Waals surface area contributed by atoms with Gasteiger partial charge in [-0.15, -0.1) is 0 Å². The third-order valence-electron chi connectivity index (χ3n) is 3.28. The summed E-state index contributed by atoms with van der Waals surface area (Å²) in [6.45, 7) is 4.08. The third kappa shape index (κ3) is 3.39. The van der Waals surface area contributed by atoms with Crippen molar-refractivity contribution in [1.82, 2.24) is 15.1 Å². The van der Waals surface area contributed by atoms with Crippen molar-refractivity contribution in [3.63, 3.8) is 0 Å². The maximum Gasteiger partial charge on any atom is 0.242 e. The molecule has 106 valence electrons. The van der Waals surface area contributed by atoms with Gasteiger partial charge in [0.2, 0.25) is 5.91 Å². The van der Waals surface area contributed by atoms with Gasteiger partial charge in [0.05, 0.1) is 23.0 Å². The molecule has 0 radical (unpaired) electrons. The zero-order valence-electron chi connectivity index (χ0n) is 11.6. The quantitative estimate of drug-likeness (QED) is 0.920. The number of amides is 1. The Labute approximate surface area is 123 Å². The first-order valence-electron chi connectivity index (χ1n) is 6.64. The standard InChI is InChI=1S/C15H18ClN3O/c1-3-14(12-7-5-4-6-8-12)18-15(20)10-19-11(2)13(16)9-17-19/h4-9,14H,3,10H2,1-2H3,(H,18,20). The second kappa shape index (κ2) is 6.57. The fourth-order valence-corrected chi connectivity index (χ4v) is 2.21. The van der Waals surface area contributed by atoms with Crippen LogP contribution in [0.1, 0.15) is 30.6 Å². The van der Waals surface area contributed by atoms with Gasteiger partial charge in [0.15, 0.2) is 0 Å². The Morgan fingerprint density at radius 2 is 2.10 bits per heavy atom. The third-order valence-corrected chi connectivity index (χ3v) is 3.65. The number of nitrogens with zero attached hydrogens (tertiary/aromatic N) is 2. The molecule has 0 aliphatic rings. The van der Waals surface area contributed by atoms with Gasteiger partial charge in [-0.3, -0.25) is 9.48 Å². The number of rotatable bonds is 5. The maximum absolute atomic E-state index is 12.1. The molecule has 0 saturated heterocycles. The Morgan fingerprint density at radius 1 is 1.40 bits per heavy atom. The Kier molecular flexibility index (Phi) is 4.79. The van der Waals surface area contributed by atoms with Gasteiger partial charge >= 0.3 is 0 Å². The molecule has 1 N–H and O–H groups in total. The smallest absolute Gasteiger partial charge is 0.242 e. The van der Waals surface area contributed by atoms with Crippen LogP contribution in [0.4, 0.5) is 0 Å². The Bertz CT molecular complexity index is 580. The average molecular weight is 292 g/mol. The molecule has 0 fully saturated rings. The van der Waals surface area contributed by atoms with E-state index in [9.17, 15) is 4.79 Å². The van der Waals surface area contributed by atoms with Crippen molar-refractivity contribution in [1.29, 1.82) is 0 Å². The van der Waals surface area contributed by atoms with Crippen molar-refractivity contribution in [2.75, 3.05) is 0 Å². The lowest BCUT2D eigenvalue weighted by molar-refractivity contribution is -0.122. The van der Waals surface area contributed by atoms with Crippen LogP contribution in [0.15, 0.2) is 36.5 Å². The topological polar surface area (TPSA) is 46.9 Å². The fraction of sp³-hybridized carbons (Fsp3) is 0.333. The van der Waals surface area contributed by atoms with Crippen LogP contribution in [0.5, 0.6) is 0 Å². The highest BCUT2D eigenvalue weighted by molar-refractivity contribution is 6.31. The number of aromatic nitrogens is 2. The molecule has 0 saturated carbocycles. The largest absolute Gasteiger partial charge is 0.348 e. The molecule has 2 rings (SSSR count). The van der Waals surface area contributed by atoms with Crippen LogP contribution in [0.2, 0.25) is 5.02 Å². The summed E-state index contributed by atoms with van der Waals surface area (Å²) in [6.07, 6.45) is 2.40. The van der Waals surface area contributed by atoms with Crippen LogP contribution in [0, 0.1) is 6.92 Å². The van der Waals surface area contributed by atoms with Crippen molar-refractivity contribution in [2.45, 2.75) is 32.9 Å². The molecule has 20 heavy (non-hydrogen) atoms. The van der Waals surface area contributed by atoms with Gasteiger partial charge in [0, 0.05) is 0 Å². The molecule has 1 aromatic heterocycles. The molecular weight excluding hydrogens is 274 g/mol. The molecule has 4 nitrogen and oxygen atoms in total. The summed E-state index contributed by atoms with van der Waals surface area (Å²) in [4.78, 5) is 12.1. The van der Waals surface area contributed by atoms with E-state index in [1.54, 1.807) is 10.9 Å². The van der Waals surface area contributed by atoms with Crippen LogP contribution in [0.25, 0.3) is 0 Å². The van der Waals surface area contributed by atoms with Gasteiger partial charge in [-0.25, -0.2) is 0 Å². The molecule has 0 spiro atoms. The summed E-state index contributed by atoms with van der Waals surface area (Å²) in [7, 11) is 0. The Hall–Kier alpha value is -1.81. The van der Waals surface area contributed by atoms with E-state index in [0.29, 0.717) is 5.02 Å². The molecule has 1 unspecified atom stereocenters. The summed E-state index contributed by atoms with van der Waals surface area (Å²) < 4.78 is 1.61. The number of hydrogen-bond donors (Lipinski definition) is 1. The Balaban J connectivity index is 2.01. The van der Waals surface area contributed by atoms with Gasteiger partial charge in [0.25, 0.3) is 0 Å². The normalized spacial score (nSPS) is 12.2. The molecule has 2 aromatic rings. The van der Waals surface area contributed by atoms with Crippen LogP contribution in [-0.2, 0) is 11.3 Å². The van der Waals surface area contributed by atoms with E-state index in [2.05, 4.69) is 10.4 Å². The summed E-state index contributed by atoms with van der Waals surface area (Å²) in [5.41, 5.74) is 1.91. The van der Waals surface area contributed by atoms with Gasteiger partial charge in [-0.2, -0.15) is 5.10 Å². The summed E-state index contributed by atoms with van der Waals surface area (Å²) in [5.74, 6) is -0.0661. The van der Waals surface area contributed by atoms with Crippen molar-refractivity contribution in [2.24, 2.45) is 0 Å². The first-order chi connectivity index (χ1) is 9.61.